The largest absolute Gasteiger partial charge is 0.455 e. The Morgan fingerprint density at radius 2 is 1.41 bits per heavy atom. The van der Waals surface area contributed by atoms with Gasteiger partial charge in [-0.1, -0.05) is 52.3 Å². The fraction of sp³-hybridized carbons (Fsp3) is 0.172. The summed E-state index contributed by atoms with van der Waals surface area (Å²) in [5.41, 5.74) is 3.09. The van der Waals surface area contributed by atoms with E-state index < -0.39 is 22.1 Å². The Morgan fingerprint density at radius 3 is 1.90 bits per heavy atom. The van der Waals surface area contributed by atoms with Gasteiger partial charge in [0.1, 0.15) is 12.8 Å². The normalized spacial score (nSPS) is 11.8. The third-order valence-corrected chi connectivity index (χ3v) is 6.67. The summed E-state index contributed by atoms with van der Waals surface area (Å²) in [6.07, 6.45) is -3.88. The Bertz CT molecular complexity index is 1760. The first kappa shape index (κ1) is 30.2. The summed E-state index contributed by atoms with van der Waals surface area (Å²) in [6.45, 7) is 0.0759. The molecular formula is C29H25BrF3N2O5S+. The number of hydrogen-bond donors (Lipinski definition) is 1. The number of aromatic nitrogens is 1. The molecule has 0 aliphatic rings. The zero-order chi connectivity index (χ0) is 29.9. The van der Waals surface area contributed by atoms with E-state index in [4.69, 9.17) is 8.97 Å². The van der Waals surface area contributed by atoms with Gasteiger partial charge in [-0.3, -0.25) is 9.35 Å². The van der Waals surface area contributed by atoms with E-state index >= 15 is 0 Å². The number of hydrogen-bond acceptors (Lipinski definition) is 4. The summed E-state index contributed by atoms with van der Waals surface area (Å²) in [7, 11) is -1.72. The van der Waals surface area contributed by atoms with Gasteiger partial charge in [0.2, 0.25) is 16.8 Å². The van der Waals surface area contributed by atoms with Crippen LogP contribution in [0, 0.1) is 0 Å². The molecule has 0 atom stereocenters. The van der Waals surface area contributed by atoms with Crippen molar-refractivity contribution in [3.63, 3.8) is 0 Å². The first-order chi connectivity index (χ1) is 19.2. The lowest BCUT2D eigenvalue weighted by atomic mass is 10.0. The number of nitrogens with zero attached hydrogens (tertiary/aromatic N) is 2. The van der Waals surface area contributed by atoms with E-state index in [-0.39, 0.29) is 24.8 Å². The number of aryl methyl sites for hydroxylation is 1. The van der Waals surface area contributed by atoms with Crippen molar-refractivity contribution in [2.45, 2.75) is 19.3 Å². The lowest BCUT2D eigenvalue weighted by molar-refractivity contribution is -0.617. The first-order valence-corrected chi connectivity index (χ1v) is 14.8. The maximum atomic E-state index is 14.2. The number of amides is 1. The van der Waals surface area contributed by atoms with Crippen molar-refractivity contribution in [1.82, 2.24) is 4.90 Å². The van der Waals surface area contributed by atoms with Crippen LogP contribution < -0.4 is 4.57 Å². The van der Waals surface area contributed by atoms with Gasteiger partial charge in [0.15, 0.2) is 0 Å². The molecule has 0 radical (unpaired) electrons. The standard InChI is InChI=1S/C28H21BrF3N2O2.CH4O3S/c1-33-23-8-4-2-6-21(23)26(22-7-3-5-9-24(22)33)27(35)34(16-18-10-12-19(29)13-11-18)17-20-14-15-25(36-20)28(30,31)32;1-5(2,3)4/h2-15H,16-17H2,1H3;1H3,(H,2,3,4)/q+1;. The molecule has 0 aliphatic carbocycles. The number of pyridine rings is 1. The molecule has 0 spiro atoms. The molecule has 3 aromatic carbocycles. The highest BCUT2D eigenvalue weighted by Crippen LogP contribution is 2.32. The second-order valence-corrected chi connectivity index (χ2v) is 11.6. The second-order valence-electron chi connectivity index (χ2n) is 9.25. The Hall–Kier alpha value is -3.74. The third kappa shape index (κ3) is 7.51. The molecule has 5 aromatic rings. The molecular weight excluding hydrogens is 625 g/mol. The second kappa shape index (κ2) is 12.0. The molecule has 0 saturated carbocycles. The van der Waals surface area contributed by atoms with E-state index in [9.17, 15) is 26.4 Å². The summed E-state index contributed by atoms with van der Waals surface area (Å²) in [5.74, 6) is -1.32. The van der Waals surface area contributed by atoms with E-state index in [1.807, 2.05) is 84.4 Å². The maximum Gasteiger partial charge on any atom is 0.449 e. The van der Waals surface area contributed by atoms with Gasteiger partial charge in [0.05, 0.1) is 29.1 Å². The van der Waals surface area contributed by atoms with Crippen LogP contribution in [0.1, 0.15) is 27.4 Å². The minimum Gasteiger partial charge on any atom is -0.455 e. The summed E-state index contributed by atoms with van der Waals surface area (Å²) in [4.78, 5) is 15.7. The third-order valence-electron chi connectivity index (χ3n) is 6.14. The van der Waals surface area contributed by atoms with Crippen molar-refractivity contribution >= 4 is 53.8 Å². The van der Waals surface area contributed by atoms with Gasteiger partial charge >= 0.3 is 6.18 Å². The monoisotopic (exact) mass is 649 g/mol. The van der Waals surface area contributed by atoms with Gasteiger partial charge in [0, 0.05) is 23.2 Å². The number of furan rings is 1. The van der Waals surface area contributed by atoms with Gasteiger partial charge in [-0.25, -0.2) is 0 Å². The van der Waals surface area contributed by atoms with Crippen LogP contribution >= 0.6 is 15.9 Å². The zero-order valence-electron chi connectivity index (χ0n) is 21.9. The van der Waals surface area contributed by atoms with Crippen molar-refractivity contribution < 1.29 is 39.9 Å². The van der Waals surface area contributed by atoms with Crippen molar-refractivity contribution in [3.8, 4) is 0 Å². The molecule has 12 heteroatoms. The smallest absolute Gasteiger partial charge is 0.449 e. The van der Waals surface area contributed by atoms with Crippen LogP contribution in [-0.2, 0) is 36.4 Å². The molecule has 2 heterocycles. The van der Waals surface area contributed by atoms with Gasteiger partial charge < -0.3 is 9.32 Å². The van der Waals surface area contributed by atoms with Crippen LogP contribution in [0.2, 0.25) is 0 Å². The first-order valence-electron chi connectivity index (χ1n) is 12.1. The molecule has 0 saturated heterocycles. The minimum absolute atomic E-state index is 0.0582. The molecule has 0 bridgehead atoms. The summed E-state index contributed by atoms with van der Waals surface area (Å²) >= 11 is 3.41. The van der Waals surface area contributed by atoms with E-state index in [1.165, 1.54) is 11.0 Å². The van der Waals surface area contributed by atoms with Crippen molar-refractivity contribution in [1.29, 1.82) is 0 Å². The van der Waals surface area contributed by atoms with Gasteiger partial charge in [-0.15, -0.1) is 0 Å². The highest BCUT2D eigenvalue weighted by molar-refractivity contribution is 9.10. The number of carbonyl (C=O) groups is 1. The predicted octanol–water partition coefficient (Wildman–Crippen LogP) is 6.54. The predicted molar refractivity (Wildman–Crippen MR) is 152 cm³/mol. The fourth-order valence-electron chi connectivity index (χ4n) is 4.43. The Kier molecular flexibility index (Phi) is 8.86. The highest BCUT2D eigenvalue weighted by Gasteiger charge is 2.35. The molecule has 5 rings (SSSR count). The van der Waals surface area contributed by atoms with E-state index in [1.54, 1.807) is 0 Å². The molecule has 214 valence electrons. The number of rotatable bonds is 5. The van der Waals surface area contributed by atoms with Crippen LogP contribution in [0.5, 0.6) is 0 Å². The van der Waals surface area contributed by atoms with Gasteiger partial charge in [-0.05, 0) is 42.0 Å². The number of halogens is 4. The number of benzene rings is 3. The van der Waals surface area contributed by atoms with Crippen LogP contribution in [0.3, 0.4) is 0 Å². The van der Waals surface area contributed by atoms with Gasteiger partial charge in [-0.2, -0.15) is 26.2 Å². The highest BCUT2D eigenvalue weighted by atomic mass is 79.9. The molecule has 1 amide bonds. The van der Waals surface area contributed by atoms with E-state index in [2.05, 4.69) is 15.9 Å². The average Bonchev–Trinajstić information content (AvgIpc) is 3.38. The van der Waals surface area contributed by atoms with Gasteiger partial charge in [0.25, 0.3) is 16.0 Å². The summed E-state index contributed by atoms with van der Waals surface area (Å²) in [5, 5.41) is 1.53. The van der Waals surface area contributed by atoms with Crippen molar-refractivity contribution in [3.05, 3.63) is 112 Å². The quantitative estimate of drug-likeness (QED) is 0.133. The molecule has 0 aliphatic heterocycles. The molecule has 41 heavy (non-hydrogen) atoms. The Labute approximate surface area is 242 Å². The molecule has 1 N–H and O–H groups in total. The number of para-hydroxylation sites is 2. The Balaban J connectivity index is 0.000000714. The summed E-state index contributed by atoms with van der Waals surface area (Å²) < 4.78 is 73.3. The maximum absolute atomic E-state index is 14.2. The van der Waals surface area contributed by atoms with Crippen molar-refractivity contribution in [2.75, 3.05) is 6.26 Å². The number of alkyl halides is 3. The fourth-order valence-corrected chi connectivity index (χ4v) is 4.70. The van der Waals surface area contributed by atoms with Crippen LogP contribution in [0.15, 0.2) is 93.8 Å². The lowest BCUT2D eigenvalue weighted by Gasteiger charge is -2.23. The average molecular weight is 650 g/mol. The molecule has 0 fully saturated rings. The molecule has 2 aromatic heterocycles. The SMILES string of the molecule is CS(=O)(=O)O.C[n+]1c2ccccc2c(C(=O)N(Cc2ccc(Br)cc2)Cc2ccc(C(F)(F)F)o2)c2ccccc21. The van der Waals surface area contributed by atoms with Crippen molar-refractivity contribution in [2.24, 2.45) is 7.05 Å². The minimum atomic E-state index is -4.60. The zero-order valence-corrected chi connectivity index (χ0v) is 24.3. The molecule has 0 unspecified atom stereocenters. The topological polar surface area (TPSA) is 91.7 Å². The van der Waals surface area contributed by atoms with E-state index in [0.717, 1.165) is 37.9 Å². The summed E-state index contributed by atoms with van der Waals surface area (Å²) in [6, 6.07) is 24.9. The molecule has 7 nitrogen and oxygen atoms in total. The van der Waals surface area contributed by atoms with Crippen LogP contribution in [-0.4, -0.2) is 30.0 Å². The van der Waals surface area contributed by atoms with Crippen LogP contribution in [0.25, 0.3) is 21.8 Å². The lowest BCUT2D eigenvalue weighted by Crippen LogP contribution is -2.34. The number of carbonyl (C=O) groups excluding carboxylic acids is 1. The van der Waals surface area contributed by atoms with E-state index in [0.29, 0.717) is 11.8 Å². The number of fused-ring (bicyclic) bond motifs is 2. The van der Waals surface area contributed by atoms with Crippen LogP contribution in [0.4, 0.5) is 13.2 Å². The Morgan fingerprint density at radius 1 is 0.902 bits per heavy atom.